The van der Waals surface area contributed by atoms with Crippen LogP contribution >= 0.6 is 0 Å². The summed E-state index contributed by atoms with van der Waals surface area (Å²) in [5.41, 5.74) is 14.1. The molecule has 0 radical (unpaired) electrons. The molecular weight excluding hydrogens is 596 g/mol. The molecule has 0 bridgehead atoms. The van der Waals surface area contributed by atoms with Crippen molar-refractivity contribution in [1.29, 1.82) is 5.41 Å². The molecule has 14 heteroatoms. The predicted octanol–water partition coefficient (Wildman–Crippen LogP) is 4.05. The molecule has 2 aromatic heterocycles. The Bertz CT molecular complexity index is 1730. The second-order valence-electron chi connectivity index (χ2n) is 10.9. The third-order valence-electron chi connectivity index (χ3n) is 7.56. The Kier molecular flexibility index (Phi) is 11.2. The molecule has 4 rings (SSSR count). The van der Waals surface area contributed by atoms with Gasteiger partial charge in [-0.2, -0.15) is 4.39 Å². The molecule has 0 saturated carbocycles. The van der Waals surface area contributed by atoms with Gasteiger partial charge >= 0.3 is 0 Å². The molecule has 0 aliphatic heterocycles. The molecule has 8 N–H and O–H groups in total. The van der Waals surface area contributed by atoms with Gasteiger partial charge < -0.3 is 32.2 Å². The molecule has 0 unspecified atom stereocenters. The molecule has 2 atom stereocenters. The summed E-state index contributed by atoms with van der Waals surface area (Å²) in [6.45, 7) is 4.24. The highest BCUT2D eigenvalue weighted by Crippen LogP contribution is 2.32. The maximum atomic E-state index is 14.8. The van der Waals surface area contributed by atoms with Gasteiger partial charge in [0, 0.05) is 48.2 Å². The van der Waals surface area contributed by atoms with Gasteiger partial charge in [0.25, 0.3) is 0 Å². The largest absolute Gasteiger partial charge is 0.494 e. The molecule has 0 aliphatic rings. The number of ether oxygens (including phenoxy) is 1. The average Bonchev–Trinajstić information content (AvgIpc) is 3.47. The Labute approximate surface area is 265 Å². The summed E-state index contributed by atoms with van der Waals surface area (Å²) in [6, 6.07) is 7.23. The molecule has 0 saturated heterocycles. The van der Waals surface area contributed by atoms with E-state index < -0.39 is 17.7 Å². The first-order valence-electron chi connectivity index (χ1n) is 14.9. The van der Waals surface area contributed by atoms with Crippen molar-refractivity contribution in [1.82, 2.24) is 25.0 Å². The smallest absolute Gasteiger partial charge is 0.237 e. The van der Waals surface area contributed by atoms with E-state index in [1.54, 1.807) is 22.7 Å². The maximum absolute atomic E-state index is 14.8. The standard InChI is InChI=1S/C32H39F2N9O3/c1-4-19-16-20(8-9-21(19)25(44)11-7-18(2)41-31(45)23(35)6-5-13-39-32(36)37)42-29-30-40-17-24(43(30)15-14-38-29)22-10-12-26(46-3)28(34)27(22)33/h8-10,12,14-18,23H,4-7,11,13,35H2,1-3H3,(H,38,42)(H,41,45)(H4,36,37,39)/t18-,23-/m0/s1. The van der Waals surface area contributed by atoms with E-state index in [1.807, 2.05) is 19.9 Å². The number of halogens is 2. The number of carbonyl (C=O) groups excluding carboxylic acids is 2. The number of aryl methyl sites for hydroxylation is 1. The van der Waals surface area contributed by atoms with Gasteiger partial charge in [0.15, 0.2) is 34.8 Å². The number of fused-ring (bicyclic) bond motifs is 1. The fraction of sp³-hybridized carbons (Fsp3) is 0.344. The topological polar surface area (TPSA) is 186 Å². The number of carbonyl (C=O) groups is 2. The quantitative estimate of drug-likeness (QED) is 0.0485. The van der Waals surface area contributed by atoms with Crippen molar-refractivity contribution in [2.24, 2.45) is 11.5 Å². The monoisotopic (exact) mass is 635 g/mol. The number of nitrogens with zero attached hydrogens (tertiary/aromatic N) is 3. The fourth-order valence-corrected chi connectivity index (χ4v) is 5.05. The summed E-state index contributed by atoms with van der Waals surface area (Å²) in [5, 5.41) is 15.9. The number of ketones is 1. The molecule has 46 heavy (non-hydrogen) atoms. The van der Waals surface area contributed by atoms with Gasteiger partial charge in [-0.1, -0.05) is 6.92 Å². The minimum atomic E-state index is -1.08. The van der Waals surface area contributed by atoms with Gasteiger partial charge in [-0.05, 0) is 68.5 Å². The van der Waals surface area contributed by atoms with Crippen LogP contribution in [-0.2, 0) is 11.2 Å². The van der Waals surface area contributed by atoms with Crippen molar-refractivity contribution >= 4 is 34.8 Å². The summed E-state index contributed by atoms with van der Waals surface area (Å²) in [5.74, 6) is -2.40. The first-order valence-corrected chi connectivity index (χ1v) is 14.9. The first kappa shape index (κ1) is 33.8. The zero-order chi connectivity index (χ0) is 33.4. The van der Waals surface area contributed by atoms with Crippen LogP contribution in [0.3, 0.4) is 0 Å². The number of nitrogens with one attached hydrogen (secondary N) is 4. The van der Waals surface area contributed by atoms with Crippen LogP contribution in [0.5, 0.6) is 5.75 Å². The summed E-state index contributed by atoms with van der Waals surface area (Å²) < 4.78 is 35.7. The lowest BCUT2D eigenvalue weighted by Gasteiger charge is -2.18. The molecule has 0 spiro atoms. The van der Waals surface area contributed by atoms with Crippen LogP contribution in [0.15, 0.2) is 48.9 Å². The van der Waals surface area contributed by atoms with Gasteiger partial charge in [-0.25, -0.2) is 14.4 Å². The van der Waals surface area contributed by atoms with Crippen LogP contribution in [0.2, 0.25) is 0 Å². The lowest BCUT2D eigenvalue weighted by molar-refractivity contribution is -0.123. The van der Waals surface area contributed by atoms with Crippen molar-refractivity contribution in [2.75, 3.05) is 19.0 Å². The van der Waals surface area contributed by atoms with Crippen LogP contribution in [0.1, 0.15) is 55.5 Å². The molecule has 2 aromatic carbocycles. The number of nitrogens with two attached hydrogens (primary N) is 2. The van der Waals surface area contributed by atoms with E-state index in [0.29, 0.717) is 60.6 Å². The summed E-state index contributed by atoms with van der Waals surface area (Å²) >= 11 is 0. The number of guanidine groups is 1. The van der Waals surface area contributed by atoms with E-state index in [0.717, 1.165) is 5.56 Å². The van der Waals surface area contributed by atoms with Crippen molar-refractivity contribution in [3.63, 3.8) is 0 Å². The Hall–Kier alpha value is -5.11. The van der Waals surface area contributed by atoms with Crippen molar-refractivity contribution < 1.29 is 23.1 Å². The number of Topliss-reactive ketones (excluding diaryl/α,β-unsaturated/α-hetero) is 1. The van der Waals surface area contributed by atoms with Gasteiger partial charge in [0.05, 0.1) is 25.0 Å². The van der Waals surface area contributed by atoms with Crippen LogP contribution in [0, 0.1) is 17.0 Å². The lowest BCUT2D eigenvalue weighted by Crippen LogP contribution is -2.45. The van der Waals surface area contributed by atoms with Crippen LogP contribution in [0.25, 0.3) is 16.9 Å². The van der Waals surface area contributed by atoms with E-state index in [9.17, 15) is 18.4 Å². The average molecular weight is 636 g/mol. The van der Waals surface area contributed by atoms with E-state index in [-0.39, 0.29) is 41.4 Å². The van der Waals surface area contributed by atoms with Crippen molar-refractivity contribution in [3.05, 3.63) is 71.7 Å². The lowest BCUT2D eigenvalue weighted by atomic mass is 9.97. The minimum absolute atomic E-state index is 0.0227. The highest BCUT2D eigenvalue weighted by Gasteiger charge is 2.20. The molecule has 4 aromatic rings. The highest BCUT2D eigenvalue weighted by molar-refractivity contribution is 5.98. The van der Waals surface area contributed by atoms with Gasteiger partial charge in [0.1, 0.15) is 0 Å². The zero-order valence-electron chi connectivity index (χ0n) is 26.0. The molecule has 0 aliphatic carbocycles. The van der Waals surface area contributed by atoms with E-state index in [1.165, 1.54) is 31.6 Å². The first-order chi connectivity index (χ1) is 22.0. The number of hydrogen-bond donors (Lipinski definition) is 6. The third kappa shape index (κ3) is 7.93. The zero-order valence-corrected chi connectivity index (χ0v) is 26.0. The summed E-state index contributed by atoms with van der Waals surface area (Å²) in [4.78, 5) is 34.4. The molecule has 2 heterocycles. The normalized spacial score (nSPS) is 12.4. The van der Waals surface area contributed by atoms with Crippen molar-refractivity contribution in [3.8, 4) is 17.0 Å². The predicted molar refractivity (Wildman–Crippen MR) is 172 cm³/mol. The van der Waals surface area contributed by atoms with Gasteiger partial charge in [0.2, 0.25) is 11.7 Å². The van der Waals surface area contributed by atoms with Crippen LogP contribution < -0.4 is 32.2 Å². The number of hydrogen-bond acceptors (Lipinski definition) is 8. The summed E-state index contributed by atoms with van der Waals surface area (Å²) in [6.07, 6.45) is 6.87. The number of imidazole rings is 1. The number of amides is 1. The number of rotatable bonds is 15. The number of anilines is 2. The molecular formula is C32H39F2N9O3. The van der Waals surface area contributed by atoms with Crippen LogP contribution in [-0.4, -0.2) is 57.8 Å². The van der Waals surface area contributed by atoms with Crippen molar-refractivity contribution in [2.45, 2.75) is 58.0 Å². The Balaban J connectivity index is 1.40. The number of benzene rings is 2. The van der Waals surface area contributed by atoms with Crippen LogP contribution in [0.4, 0.5) is 20.3 Å². The summed E-state index contributed by atoms with van der Waals surface area (Å²) in [7, 11) is 1.27. The number of aromatic nitrogens is 3. The molecule has 0 fully saturated rings. The molecule has 244 valence electrons. The van der Waals surface area contributed by atoms with E-state index in [4.69, 9.17) is 21.6 Å². The highest BCUT2D eigenvalue weighted by atomic mass is 19.2. The second kappa shape index (κ2) is 15.3. The van der Waals surface area contributed by atoms with E-state index in [2.05, 4.69) is 25.9 Å². The number of methoxy groups -OCH3 is 1. The van der Waals surface area contributed by atoms with Gasteiger partial charge in [-0.15, -0.1) is 0 Å². The molecule has 1 amide bonds. The minimum Gasteiger partial charge on any atom is -0.494 e. The Morgan fingerprint density at radius 3 is 2.63 bits per heavy atom. The second-order valence-corrected chi connectivity index (χ2v) is 10.9. The third-order valence-corrected chi connectivity index (χ3v) is 7.56. The van der Waals surface area contributed by atoms with Gasteiger partial charge in [-0.3, -0.25) is 19.4 Å². The Morgan fingerprint density at radius 2 is 1.91 bits per heavy atom. The Morgan fingerprint density at radius 1 is 1.13 bits per heavy atom. The van der Waals surface area contributed by atoms with E-state index >= 15 is 0 Å². The molecule has 12 nitrogen and oxygen atoms in total. The fourth-order valence-electron chi connectivity index (χ4n) is 5.05. The maximum Gasteiger partial charge on any atom is 0.237 e. The SMILES string of the molecule is CCc1cc(Nc2nccn3c(-c4ccc(OC)c(F)c4F)cnc23)ccc1C(=O)CC[C@H](C)NC(=O)[C@@H](N)CCCNC(=N)N.